The molecule has 0 unspecified atom stereocenters. The summed E-state index contributed by atoms with van der Waals surface area (Å²) >= 11 is 3.89. The van der Waals surface area contributed by atoms with Gasteiger partial charge in [-0.25, -0.2) is 0 Å². The first-order valence-electron chi connectivity index (χ1n) is 15.0. The van der Waals surface area contributed by atoms with Gasteiger partial charge in [0.1, 0.15) is 0 Å². The van der Waals surface area contributed by atoms with E-state index in [-0.39, 0.29) is 0 Å². The van der Waals surface area contributed by atoms with Crippen molar-refractivity contribution >= 4 is 95.3 Å². The molecule has 0 spiro atoms. The van der Waals surface area contributed by atoms with Gasteiger partial charge in [0, 0.05) is 30.9 Å². The number of hydrogen-bond donors (Lipinski definition) is 0. The van der Waals surface area contributed by atoms with Crippen LogP contribution in [0.2, 0.25) is 0 Å². The van der Waals surface area contributed by atoms with Crippen LogP contribution in [0.5, 0.6) is 0 Å². The van der Waals surface area contributed by atoms with Gasteiger partial charge in [-0.1, -0.05) is 121 Å². The number of rotatable bonds is 2. The lowest BCUT2D eigenvalue weighted by molar-refractivity contribution is 1.69. The van der Waals surface area contributed by atoms with Gasteiger partial charge in [0.05, 0.1) is 9.40 Å². The highest BCUT2D eigenvalue weighted by Crippen LogP contribution is 2.50. The zero-order chi connectivity index (χ0) is 28.8. The van der Waals surface area contributed by atoms with Crippen LogP contribution in [0.3, 0.4) is 0 Å². The molecule has 0 aliphatic carbocycles. The Balaban J connectivity index is 1.21. The van der Waals surface area contributed by atoms with E-state index in [1.165, 1.54) is 94.9 Å². The van der Waals surface area contributed by atoms with Crippen molar-refractivity contribution in [3.63, 3.8) is 0 Å². The molecule has 10 aromatic rings. The maximum atomic E-state index is 2.40. The Morgan fingerprint density at radius 1 is 0.295 bits per heavy atom. The smallest absolute Gasteiger partial charge is 0.0540 e. The van der Waals surface area contributed by atoms with Crippen LogP contribution in [0.25, 0.3) is 94.9 Å². The highest BCUT2D eigenvalue weighted by atomic mass is 32.1. The Morgan fingerprint density at radius 2 is 0.682 bits per heavy atom. The lowest BCUT2D eigenvalue weighted by Gasteiger charge is -2.06. The van der Waals surface area contributed by atoms with Gasteiger partial charge >= 0.3 is 0 Å². The molecule has 0 radical (unpaired) electrons. The lowest BCUT2D eigenvalue weighted by atomic mass is 9.96. The summed E-state index contributed by atoms with van der Waals surface area (Å²) in [4.78, 5) is 0. The molecule has 10 rings (SSSR count). The first-order valence-corrected chi connectivity index (χ1v) is 16.6. The van der Waals surface area contributed by atoms with E-state index in [2.05, 4.69) is 146 Å². The zero-order valence-electron chi connectivity index (χ0n) is 23.7. The minimum Gasteiger partial charge on any atom is -0.134 e. The van der Waals surface area contributed by atoms with Gasteiger partial charge in [-0.2, -0.15) is 0 Å². The van der Waals surface area contributed by atoms with E-state index in [1.54, 1.807) is 0 Å². The number of thiophene rings is 2. The molecule has 44 heavy (non-hydrogen) atoms. The summed E-state index contributed by atoms with van der Waals surface area (Å²) in [6.07, 6.45) is 0. The van der Waals surface area contributed by atoms with Crippen molar-refractivity contribution < 1.29 is 0 Å². The molecule has 2 heteroatoms. The molecule has 204 valence electrons. The van der Waals surface area contributed by atoms with E-state index in [1.807, 2.05) is 22.7 Å². The van der Waals surface area contributed by atoms with Gasteiger partial charge in [0.15, 0.2) is 0 Å². The predicted octanol–water partition coefficient (Wildman–Crippen LogP) is 13.2. The van der Waals surface area contributed by atoms with Crippen molar-refractivity contribution in [1.82, 2.24) is 0 Å². The van der Waals surface area contributed by atoms with Crippen LogP contribution >= 0.6 is 22.7 Å². The van der Waals surface area contributed by atoms with E-state index in [4.69, 9.17) is 0 Å². The van der Waals surface area contributed by atoms with Crippen LogP contribution in [0, 0.1) is 0 Å². The Kier molecular flexibility index (Phi) is 5.13. The van der Waals surface area contributed by atoms with Gasteiger partial charge in [-0.3, -0.25) is 0 Å². The SMILES string of the molecule is c1ccc2cc(-c3ccc4c(c3)sc3c5sc6cc(-c7ccc8ccccc8c7)ccc6c5c5ccccc5c43)ccc2c1. The zero-order valence-corrected chi connectivity index (χ0v) is 25.3. The van der Waals surface area contributed by atoms with Crippen LogP contribution < -0.4 is 0 Å². The average Bonchev–Trinajstić information content (AvgIpc) is 3.66. The van der Waals surface area contributed by atoms with Crippen molar-refractivity contribution in [3.8, 4) is 22.3 Å². The third-order valence-electron chi connectivity index (χ3n) is 9.22. The van der Waals surface area contributed by atoms with Gasteiger partial charge in [-0.15, -0.1) is 22.7 Å². The van der Waals surface area contributed by atoms with Gasteiger partial charge in [0.2, 0.25) is 0 Å². The second-order valence-corrected chi connectivity index (χ2v) is 13.8. The minimum absolute atomic E-state index is 1.26. The quantitative estimate of drug-likeness (QED) is 0.187. The minimum atomic E-state index is 1.26. The van der Waals surface area contributed by atoms with Crippen LogP contribution in [-0.2, 0) is 0 Å². The summed E-state index contributed by atoms with van der Waals surface area (Å²) < 4.78 is 5.49. The third kappa shape index (κ3) is 3.56. The monoisotopic (exact) mass is 592 g/mol. The molecule has 0 saturated carbocycles. The van der Waals surface area contributed by atoms with E-state index in [0.717, 1.165) is 0 Å². The van der Waals surface area contributed by atoms with Crippen LogP contribution in [-0.4, -0.2) is 0 Å². The molecular formula is C42H24S2. The van der Waals surface area contributed by atoms with E-state index in [0.29, 0.717) is 0 Å². The summed E-state index contributed by atoms with van der Waals surface area (Å²) in [6.45, 7) is 0. The predicted molar refractivity (Wildman–Crippen MR) is 196 cm³/mol. The van der Waals surface area contributed by atoms with Crippen molar-refractivity contribution in [2.75, 3.05) is 0 Å². The summed E-state index contributed by atoms with van der Waals surface area (Å²) in [5.74, 6) is 0. The molecule has 0 atom stereocenters. The van der Waals surface area contributed by atoms with Crippen molar-refractivity contribution in [1.29, 1.82) is 0 Å². The molecule has 0 aliphatic heterocycles. The normalized spacial score (nSPS) is 12.1. The second-order valence-electron chi connectivity index (χ2n) is 11.7. The first-order chi connectivity index (χ1) is 21.8. The Hall–Kier alpha value is -5.02. The summed E-state index contributed by atoms with van der Waals surface area (Å²) in [5.41, 5.74) is 5.07. The highest BCUT2D eigenvalue weighted by molar-refractivity contribution is 7.33. The first kappa shape index (κ1) is 24.4. The van der Waals surface area contributed by atoms with Crippen LogP contribution in [0.15, 0.2) is 146 Å². The topological polar surface area (TPSA) is 0 Å². The number of benzene rings is 8. The summed E-state index contributed by atoms with van der Waals surface area (Å²) in [5, 5.41) is 13.3. The molecule has 0 N–H and O–H groups in total. The van der Waals surface area contributed by atoms with Crippen LogP contribution in [0.1, 0.15) is 0 Å². The molecule has 0 nitrogen and oxygen atoms in total. The fourth-order valence-electron chi connectivity index (χ4n) is 7.06. The lowest BCUT2D eigenvalue weighted by Crippen LogP contribution is -1.80. The number of fused-ring (bicyclic) bond motifs is 12. The van der Waals surface area contributed by atoms with Gasteiger partial charge in [0.25, 0.3) is 0 Å². The fourth-order valence-corrected chi connectivity index (χ4v) is 9.72. The summed E-state index contributed by atoms with van der Waals surface area (Å²) in [7, 11) is 0. The largest absolute Gasteiger partial charge is 0.134 e. The maximum Gasteiger partial charge on any atom is 0.0540 e. The van der Waals surface area contributed by atoms with Crippen molar-refractivity contribution in [2.24, 2.45) is 0 Å². The van der Waals surface area contributed by atoms with Crippen LogP contribution in [0.4, 0.5) is 0 Å². The third-order valence-corrected chi connectivity index (χ3v) is 11.7. The van der Waals surface area contributed by atoms with Gasteiger partial charge < -0.3 is 0 Å². The maximum absolute atomic E-state index is 2.40. The highest BCUT2D eigenvalue weighted by Gasteiger charge is 2.19. The van der Waals surface area contributed by atoms with E-state index in [9.17, 15) is 0 Å². The van der Waals surface area contributed by atoms with Crippen molar-refractivity contribution in [2.45, 2.75) is 0 Å². The summed E-state index contributed by atoms with van der Waals surface area (Å²) in [6, 6.07) is 53.9. The fraction of sp³-hybridized carbons (Fsp3) is 0. The molecule has 0 aliphatic rings. The Morgan fingerprint density at radius 3 is 1.16 bits per heavy atom. The Bertz CT molecular complexity index is 2580. The molecule has 8 aromatic carbocycles. The molecule has 0 fully saturated rings. The average molecular weight is 593 g/mol. The Labute approximate surface area is 262 Å². The molecule has 0 saturated heterocycles. The molecular weight excluding hydrogens is 569 g/mol. The van der Waals surface area contributed by atoms with E-state index >= 15 is 0 Å². The molecule has 0 bridgehead atoms. The standard InChI is InChI=1S/C42H24S2/c1-3-9-27-21-29(15-13-25(27)7-1)31-17-19-35-37(23-31)43-41-39(35)33-11-5-6-12-34(33)40-36-20-18-32(24-38(36)44-42(40)41)30-16-14-26-8-2-4-10-28(26)22-30/h1-24H. The number of hydrogen-bond acceptors (Lipinski definition) is 2. The second kappa shape index (κ2) is 9.24. The molecule has 2 aromatic heterocycles. The molecule has 2 heterocycles. The van der Waals surface area contributed by atoms with Crippen molar-refractivity contribution in [3.05, 3.63) is 146 Å². The van der Waals surface area contributed by atoms with E-state index < -0.39 is 0 Å². The molecule has 0 amide bonds. The van der Waals surface area contributed by atoms with Gasteiger partial charge in [-0.05, 0) is 78.8 Å².